The van der Waals surface area contributed by atoms with Gasteiger partial charge in [0.05, 0.1) is 6.54 Å². The smallest absolute Gasteiger partial charge is 0.186 e. The second kappa shape index (κ2) is 1.90. The quantitative estimate of drug-likeness (QED) is 0.422. The van der Waals surface area contributed by atoms with Crippen molar-refractivity contribution in [2.45, 2.75) is 6.92 Å². The van der Waals surface area contributed by atoms with Crippen molar-refractivity contribution in [1.29, 1.82) is 0 Å². The van der Waals surface area contributed by atoms with Crippen molar-refractivity contribution in [1.82, 2.24) is 0 Å². The third-order valence-corrected chi connectivity index (χ3v) is 1.30. The summed E-state index contributed by atoms with van der Waals surface area (Å²) in [5.41, 5.74) is 1.12. The van der Waals surface area contributed by atoms with Crippen molar-refractivity contribution >= 4 is 32.1 Å². The molecule has 0 unspecified atom stereocenters. The summed E-state index contributed by atoms with van der Waals surface area (Å²) in [6, 6.07) is 0. The topological polar surface area (TPSA) is 24.7 Å². The number of hydrogen-bond acceptors (Lipinski definition) is 2. The number of aliphatic imine (C=N–C) groups is 2. The van der Waals surface area contributed by atoms with Crippen LogP contribution in [-0.2, 0) is 0 Å². The Balaban J connectivity index is 2.69. The Morgan fingerprint density at radius 1 is 1.71 bits per heavy atom. The predicted molar refractivity (Wildman–Crippen MR) is 39.4 cm³/mol. The number of rotatable bonds is 0. The molecule has 1 aliphatic rings. The van der Waals surface area contributed by atoms with Crippen molar-refractivity contribution < 1.29 is 0 Å². The van der Waals surface area contributed by atoms with E-state index in [0.29, 0.717) is 0 Å². The lowest BCUT2D eigenvalue weighted by Gasteiger charge is -1.75. The molecule has 0 aromatic carbocycles. The molecule has 0 radical (unpaired) electrons. The number of halogens is 1. The maximum Gasteiger partial charge on any atom is 0.186 e. The number of hydrogen-bond donors (Lipinski definition) is 0. The molecule has 0 N–H and O–H groups in total. The molecule has 0 atom stereocenters. The van der Waals surface area contributed by atoms with Gasteiger partial charge in [-0.1, -0.05) is 0 Å². The minimum absolute atomic E-state index is 0.804. The summed E-state index contributed by atoms with van der Waals surface area (Å²) in [4.78, 5) is 8.06. The van der Waals surface area contributed by atoms with Gasteiger partial charge in [-0.05, 0) is 6.92 Å². The monoisotopic (exact) mass is 208 g/mol. The first-order valence-electron chi connectivity index (χ1n) is 2.03. The molecule has 0 fully saturated rings. The van der Waals surface area contributed by atoms with Crippen LogP contribution in [0, 0.1) is 0 Å². The Morgan fingerprint density at radius 2 is 2.43 bits per heavy atom. The second-order valence-corrected chi connectivity index (χ2v) is 2.40. The highest BCUT2D eigenvalue weighted by Gasteiger charge is 1.98. The van der Waals surface area contributed by atoms with E-state index in [1.54, 1.807) is 0 Å². The normalized spacial score (nSPS) is 19.1. The lowest BCUT2D eigenvalue weighted by molar-refractivity contribution is 1.34. The molecule has 0 aromatic rings. The summed E-state index contributed by atoms with van der Waals surface area (Å²) < 4.78 is 0.884. The third-order valence-electron chi connectivity index (χ3n) is 0.721. The molecule has 0 aliphatic carbocycles. The van der Waals surface area contributed by atoms with Crippen LogP contribution in [0.5, 0.6) is 0 Å². The maximum absolute atomic E-state index is 4.04. The minimum atomic E-state index is 0.804. The van der Waals surface area contributed by atoms with Gasteiger partial charge in [0.25, 0.3) is 0 Å². The van der Waals surface area contributed by atoms with Crippen molar-refractivity contribution in [3.63, 3.8) is 0 Å². The molecule has 1 heterocycles. The van der Waals surface area contributed by atoms with Crippen molar-refractivity contribution in [2.24, 2.45) is 9.98 Å². The molecule has 0 bridgehead atoms. The molecule has 0 aromatic heterocycles. The molecule has 0 saturated carbocycles. The van der Waals surface area contributed by atoms with Crippen LogP contribution in [0.3, 0.4) is 0 Å². The molecule has 0 spiro atoms. The average Bonchev–Trinajstić information content (AvgIpc) is 1.87. The van der Waals surface area contributed by atoms with Crippen LogP contribution in [0.2, 0.25) is 0 Å². The van der Waals surface area contributed by atoms with Gasteiger partial charge in [0.2, 0.25) is 0 Å². The average molecular weight is 208 g/mol. The van der Waals surface area contributed by atoms with Crippen molar-refractivity contribution in [3.05, 3.63) is 0 Å². The van der Waals surface area contributed by atoms with E-state index in [1.807, 2.05) is 6.92 Å². The molecule has 3 heteroatoms. The van der Waals surface area contributed by atoms with E-state index in [2.05, 4.69) is 32.6 Å². The van der Waals surface area contributed by atoms with E-state index < -0.39 is 0 Å². The molecule has 38 valence electrons. The fourth-order valence-corrected chi connectivity index (χ4v) is 0.990. The Kier molecular flexibility index (Phi) is 1.41. The molecule has 7 heavy (non-hydrogen) atoms. The zero-order chi connectivity index (χ0) is 5.28. The van der Waals surface area contributed by atoms with E-state index in [1.165, 1.54) is 0 Å². The largest absolute Gasteiger partial charge is 0.255 e. The highest BCUT2D eigenvalue weighted by Crippen LogP contribution is 2.00. The summed E-state index contributed by atoms with van der Waals surface area (Å²) in [5, 5.41) is 0. The van der Waals surface area contributed by atoms with Crippen molar-refractivity contribution in [2.75, 3.05) is 6.54 Å². The molecular formula is C4H5IN2. The van der Waals surface area contributed by atoms with Crippen LogP contribution in [0.15, 0.2) is 9.98 Å². The van der Waals surface area contributed by atoms with Crippen LogP contribution in [-0.4, -0.2) is 16.1 Å². The Labute approximate surface area is 55.9 Å². The van der Waals surface area contributed by atoms with Crippen LogP contribution >= 0.6 is 22.6 Å². The molecule has 0 amide bonds. The van der Waals surface area contributed by atoms with Crippen molar-refractivity contribution in [3.8, 4) is 0 Å². The second-order valence-electron chi connectivity index (χ2n) is 1.43. The zero-order valence-corrected chi connectivity index (χ0v) is 6.14. The lowest BCUT2D eigenvalue weighted by atomic mass is 10.4. The molecule has 1 rings (SSSR count). The Bertz CT molecular complexity index is 137. The highest BCUT2D eigenvalue weighted by molar-refractivity contribution is 14.1. The van der Waals surface area contributed by atoms with E-state index in [9.17, 15) is 0 Å². The summed E-state index contributed by atoms with van der Waals surface area (Å²) in [6.07, 6.45) is 0. The van der Waals surface area contributed by atoms with Gasteiger partial charge in [0.1, 0.15) is 0 Å². The first-order chi connectivity index (χ1) is 3.29. The number of nitrogens with zero attached hydrogens (tertiary/aromatic N) is 2. The van der Waals surface area contributed by atoms with Gasteiger partial charge >= 0.3 is 0 Å². The van der Waals surface area contributed by atoms with E-state index in [0.717, 1.165) is 16.1 Å². The zero-order valence-electron chi connectivity index (χ0n) is 3.98. The standard InChI is InChI=1S/C4H5IN2/c1-3-2-6-4(5)7-3/h2H2,1H3. The number of amidine groups is 1. The first-order valence-corrected chi connectivity index (χ1v) is 3.11. The van der Waals surface area contributed by atoms with Gasteiger partial charge < -0.3 is 0 Å². The first kappa shape index (κ1) is 5.21. The fraction of sp³-hybridized carbons (Fsp3) is 0.500. The van der Waals surface area contributed by atoms with Gasteiger partial charge in [-0.25, -0.2) is 4.99 Å². The molecular weight excluding hydrogens is 203 g/mol. The van der Waals surface area contributed by atoms with Gasteiger partial charge in [-0.2, -0.15) is 0 Å². The van der Waals surface area contributed by atoms with Crippen LogP contribution in [0.1, 0.15) is 6.92 Å². The lowest BCUT2D eigenvalue weighted by Crippen LogP contribution is -1.87. The summed E-state index contributed by atoms with van der Waals surface area (Å²) in [7, 11) is 0. The summed E-state index contributed by atoms with van der Waals surface area (Å²) in [5.74, 6) is 0. The van der Waals surface area contributed by atoms with E-state index in [4.69, 9.17) is 0 Å². The third kappa shape index (κ3) is 1.22. The van der Waals surface area contributed by atoms with Gasteiger partial charge in [0, 0.05) is 28.3 Å². The molecule has 1 aliphatic heterocycles. The SMILES string of the molecule is CC1=NC(I)=NC1. The van der Waals surface area contributed by atoms with Crippen LogP contribution in [0.25, 0.3) is 0 Å². The summed E-state index contributed by atoms with van der Waals surface area (Å²) in [6.45, 7) is 2.79. The molecule has 2 nitrogen and oxygen atoms in total. The Morgan fingerprint density at radius 3 is 2.57 bits per heavy atom. The van der Waals surface area contributed by atoms with Gasteiger partial charge in [-0.15, -0.1) is 0 Å². The fourth-order valence-electron chi connectivity index (χ4n) is 0.408. The minimum Gasteiger partial charge on any atom is -0.255 e. The Hall–Kier alpha value is 0.0700. The van der Waals surface area contributed by atoms with E-state index >= 15 is 0 Å². The summed E-state index contributed by atoms with van der Waals surface area (Å²) >= 11 is 2.11. The van der Waals surface area contributed by atoms with Crippen LogP contribution in [0.4, 0.5) is 0 Å². The molecule has 0 saturated heterocycles. The predicted octanol–water partition coefficient (Wildman–Crippen LogP) is 1.25. The van der Waals surface area contributed by atoms with Crippen LogP contribution < -0.4 is 0 Å². The van der Waals surface area contributed by atoms with Gasteiger partial charge in [-0.3, -0.25) is 4.99 Å². The maximum atomic E-state index is 4.04. The highest BCUT2D eigenvalue weighted by atomic mass is 127. The van der Waals surface area contributed by atoms with Gasteiger partial charge in [0.15, 0.2) is 3.84 Å². The van der Waals surface area contributed by atoms with E-state index in [-0.39, 0.29) is 0 Å².